The molecule has 0 atom stereocenters. The van der Waals surface area contributed by atoms with Gasteiger partial charge in [-0.25, -0.2) is 21.9 Å². The normalized spacial score (nSPS) is 11.4. The zero-order chi connectivity index (χ0) is 19.3. The van der Waals surface area contributed by atoms with E-state index in [1.807, 2.05) is 0 Å². The summed E-state index contributed by atoms with van der Waals surface area (Å²) >= 11 is 5.93. The second-order valence-corrected chi connectivity index (χ2v) is 7.87. The molecule has 0 amide bonds. The van der Waals surface area contributed by atoms with Gasteiger partial charge in [-0.15, -0.1) is 0 Å². The topological polar surface area (TPSA) is 72.9 Å². The summed E-state index contributed by atoms with van der Waals surface area (Å²) in [6.07, 6.45) is 0. The van der Waals surface area contributed by atoms with Crippen LogP contribution in [-0.4, -0.2) is 46.0 Å². The molecular formula is C17H17ClFNO5S. The number of esters is 1. The lowest BCUT2D eigenvalue weighted by Gasteiger charge is -2.13. The molecule has 0 aliphatic heterocycles. The van der Waals surface area contributed by atoms with Gasteiger partial charge in [0.2, 0.25) is 10.0 Å². The Kier molecular flexibility index (Phi) is 6.57. The Morgan fingerprint density at radius 3 is 2.50 bits per heavy atom. The summed E-state index contributed by atoms with van der Waals surface area (Å²) in [7, 11) is -1.09. The van der Waals surface area contributed by atoms with Crippen molar-refractivity contribution >= 4 is 27.6 Å². The number of sulfonamides is 1. The van der Waals surface area contributed by atoms with E-state index in [4.69, 9.17) is 21.1 Å². The van der Waals surface area contributed by atoms with E-state index >= 15 is 0 Å². The molecule has 6 nitrogen and oxygen atoms in total. The first-order chi connectivity index (χ1) is 12.2. The van der Waals surface area contributed by atoms with Crippen molar-refractivity contribution in [2.45, 2.75) is 4.90 Å². The molecule has 0 saturated carbocycles. The zero-order valence-corrected chi connectivity index (χ0v) is 15.7. The van der Waals surface area contributed by atoms with Gasteiger partial charge < -0.3 is 9.47 Å². The summed E-state index contributed by atoms with van der Waals surface area (Å²) < 4.78 is 49.0. The first kappa shape index (κ1) is 20.2. The van der Waals surface area contributed by atoms with Gasteiger partial charge in [-0.05, 0) is 30.3 Å². The quantitative estimate of drug-likeness (QED) is 0.527. The third-order valence-corrected chi connectivity index (χ3v) is 5.63. The number of carbonyl (C=O) groups is 1. The van der Waals surface area contributed by atoms with E-state index in [1.54, 1.807) is 6.07 Å². The Morgan fingerprint density at radius 2 is 1.85 bits per heavy atom. The largest absolute Gasteiger partial charge is 0.487 e. The predicted molar refractivity (Wildman–Crippen MR) is 94.5 cm³/mol. The summed E-state index contributed by atoms with van der Waals surface area (Å²) in [5.41, 5.74) is 0.0284. The van der Waals surface area contributed by atoms with Gasteiger partial charge in [-0.2, -0.15) is 0 Å². The molecule has 140 valence electrons. The molecule has 0 radical (unpaired) electrons. The fourth-order valence-corrected chi connectivity index (χ4v) is 3.35. The Hall–Kier alpha value is -2.16. The molecule has 0 fully saturated rings. The lowest BCUT2D eigenvalue weighted by atomic mass is 10.2. The Balaban J connectivity index is 2.01. The zero-order valence-electron chi connectivity index (χ0n) is 14.1. The summed E-state index contributed by atoms with van der Waals surface area (Å²) in [6, 6.07) is 9.67. The molecule has 0 aromatic heterocycles. The molecule has 0 saturated heterocycles. The lowest BCUT2D eigenvalue weighted by molar-refractivity contribution is 0.0448. The van der Waals surface area contributed by atoms with Crippen LogP contribution in [0.25, 0.3) is 0 Å². The van der Waals surface area contributed by atoms with Crippen LogP contribution in [0.15, 0.2) is 47.4 Å². The van der Waals surface area contributed by atoms with Crippen molar-refractivity contribution in [1.29, 1.82) is 0 Å². The van der Waals surface area contributed by atoms with Crippen LogP contribution < -0.4 is 4.74 Å². The van der Waals surface area contributed by atoms with Crippen LogP contribution in [0.3, 0.4) is 0 Å². The predicted octanol–water partition coefficient (Wildman–Crippen LogP) is 2.97. The third kappa shape index (κ3) is 4.72. The monoisotopic (exact) mass is 401 g/mol. The molecule has 0 aliphatic carbocycles. The Labute approximate surface area is 156 Å². The van der Waals surface area contributed by atoms with Crippen molar-refractivity contribution in [3.05, 3.63) is 58.9 Å². The molecule has 0 bridgehead atoms. The maximum Gasteiger partial charge on any atom is 0.338 e. The minimum absolute atomic E-state index is 0.00173. The highest BCUT2D eigenvalue weighted by Gasteiger charge is 2.22. The standard InChI is InChI=1S/C17H17ClFNO5S/c1-20(2)26(22,23)16-11-12(7-8-13(16)18)17(21)25-10-9-24-15-6-4-3-5-14(15)19/h3-8,11H,9-10H2,1-2H3. The SMILES string of the molecule is CN(C)S(=O)(=O)c1cc(C(=O)OCCOc2ccccc2F)ccc1Cl. The number of hydrogen-bond acceptors (Lipinski definition) is 5. The minimum Gasteiger partial charge on any atom is -0.487 e. The Morgan fingerprint density at radius 1 is 1.15 bits per heavy atom. The molecule has 2 aromatic rings. The van der Waals surface area contributed by atoms with Gasteiger partial charge in [-0.1, -0.05) is 23.7 Å². The van der Waals surface area contributed by atoms with Gasteiger partial charge in [0.25, 0.3) is 0 Å². The molecule has 0 spiro atoms. The summed E-state index contributed by atoms with van der Waals surface area (Å²) in [5, 5.41) is -0.00173. The fraction of sp³-hybridized carbons (Fsp3) is 0.235. The molecule has 2 aromatic carbocycles. The number of nitrogens with zero attached hydrogens (tertiary/aromatic N) is 1. The van der Waals surface area contributed by atoms with Crippen LogP contribution in [0, 0.1) is 5.82 Å². The summed E-state index contributed by atoms with van der Waals surface area (Å²) in [4.78, 5) is 11.9. The van der Waals surface area contributed by atoms with Gasteiger partial charge in [0, 0.05) is 14.1 Å². The lowest BCUT2D eigenvalue weighted by Crippen LogP contribution is -2.23. The van der Waals surface area contributed by atoms with Crippen LogP contribution in [0.5, 0.6) is 5.75 Å². The van der Waals surface area contributed by atoms with Gasteiger partial charge in [0.05, 0.1) is 10.6 Å². The summed E-state index contributed by atoms with van der Waals surface area (Å²) in [6.45, 7) is -0.186. The maximum absolute atomic E-state index is 13.4. The van der Waals surface area contributed by atoms with Gasteiger partial charge in [0.1, 0.15) is 18.1 Å². The second kappa shape index (κ2) is 8.48. The van der Waals surface area contributed by atoms with Crippen molar-refractivity contribution in [3.63, 3.8) is 0 Å². The smallest absolute Gasteiger partial charge is 0.338 e. The van der Waals surface area contributed by atoms with Crippen molar-refractivity contribution in [1.82, 2.24) is 4.31 Å². The number of carbonyl (C=O) groups excluding carboxylic acids is 1. The van der Waals surface area contributed by atoms with E-state index in [2.05, 4.69) is 0 Å². The first-order valence-corrected chi connectivity index (χ1v) is 9.32. The molecule has 2 rings (SSSR count). The van der Waals surface area contributed by atoms with E-state index in [0.717, 1.165) is 10.4 Å². The highest BCUT2D eigenvalue weighted by atomic mass is 35.5. The number of rotatable bonds is 7. The maximum atomic E-state index is 13.4. The van der Waals surface area contributed by atoms with Crippen molar-refractivity contribution in [2.75, 3.05) is 27.3 Å². The molecule has 0 N–H and O–H groups in total. The molecule has 0 heterocycles. The fourth-order valence-electron chi connectivity index (χ4n) is 1.96. The van der Waals surface area contributed by atoms with Crippen molar-refractivity contribution < 1.29 is 27.1 Å². The van der Waals surface area contributed by atoms with E-state index < -0.39 is 21.8 Å². The number of hydrogen-bond donors (Lipinski definition) is 0. The van der Waals surface area contributed by atoms with E-state index in [0.29, 0.717) is 0 Å². The second-order valence-electron chi connectivity index (χ2n) is 5.35. The third-order valence-electron chi connectivity index (χ3n) is 3.34. The van der Waals surface area contributed by atoms with Crippen LogP contribution in [-0.2, 0) is 14.8 Å². The minimum atomic E-state index is -3.80. The Bertz CT molecular complexity index is 902. The average molecular weight is 402 g/mol. The number of halogens is 2. The number of ether oxygens (including phenoxy) is 2. The van der Waals surface area contributed by atoms with Crippen LogP contribution in [0.2, 0.25) is 5.02 Å². The molecule has 0 unspecified atom stereocenters. The molecule has 9 heteroatoms. The summed E-state index contributed by atoms with van der Waals surface area (Å²) in [5.74, 6) is -1.21. The highest BCUT2D eigenvalue weighted by molar-refractivity contribution is 7.89. The van der Waals surface area contributed by atoms with Gasteiger partial charge >= 0.3 is 5.97 Å². The van der Waals surface area contributed by atoms with Gasteiger partial charge in [0.15, 0.2) is 11.6 Å². The van der Waals surface area contributed by atoms with Gasteiger partial charge in [-0.3, -0.25) is 0 Å². The number of benzene rings is 2. The van der Waals surface area contributed by atoms with Crippen LogP contribution in [0.1, 0.15) is 10.4 Å². The van der Waals surface area contributed by atoms with E-state index in [9.17, 15) is 17.6 Å². The molecule has 26 heavy (non-hydrogen) atoms. The molecular weight excluding hydrogens is 385 g/mol. The van der Waals surface area contributed by atoms with E-state index in [-0.39, 0.29) is 34.4 Å². The highest BCUT2D eigenvalue weighted by Crippen LogP contribution is 2.25. The van der Waals surface area contributed by atoms with Crippen LogP contribution >= 0.6 is 11.6 Å². The van der Waals surface area contributed by atoms with Crippen LogP contribution in [0.4, 0.5) is 4.39 Å². The van der Waals surface area contributed by atoms with Crippen molar-refractivity contribution in [2.24, 2.45) is 0 Å². The molecule has 0 aliphatic rings. The average Bonchev–Trinajstić information content (AvgIpc) is 2.60. The number of para-hydroxylation sites is 1. The van der Waals surface area contributed by atoms with Crippen molar-refractivity contribution in [3.8, 4) is 5.75 Å². The van der Waals surface area contributed by atoms with E-state index in [1.165, 1.54) is 44.4 Å². The first-order valence-electron chi connectivity index (χ1n) is 7.50.